The van der Waals surface area contributed by atoms with E-state index >= 15 is 0 Å². The Balaban J connectivity index is 2.10. The van der Waals surface area contributed by atoms with Crippen LogP contribution in [0.4, 0.5) is 11.5 Å². The summed E-state index contributed by atoms with van der Waals surface area (Å²) in [5.41, 5.74) is 5.45. The molecule has 6 heteroatoms. The van der Waals surface area contributed by atoms with Crippen LogP contribution in [0.3, 0.4) is 0 Å². The summed E-state index contributed by atoms with van der Waals surface area (Å²) in [4.78, 5) is 21.7. The number of halogens is 1. The van der Waals surface area contributed by atoms with Crippen molar-refractivity contribution in [1.29, 1.82) is 0 Å². The molecule has 1 heterocycles. The Kier molecular flexibility index (Phi) is 5.61. The minimum absolute atomic E-state index is 0.163. The second-order valence-electron chi connectivity index (χ2n) is 6.57. The Morgan fingerprint density at radius 1 is 1.04 bits per heavy atom. The van der Waals surface area contributed by atoms with Crippen molar-refractivity contribution in [2.24, 2.45) is 0 Å². The van der Waals surface area contributed by atoms with Gasteiger partial charge in [-0.15, -0.1) is 0 Å². The van der Waals surface area contributed by atoms with Crippen LogP contribution in [-0.2, 0) is 4.74 Å². The van der Waals surface area contributed by atoms with E-state index < -0.39 is 5.97 Å². The molecule has 0 atom stereocenters. The molecule has 0 fully saturated rings. The molecule has 1 N–H and O–H groups in total. The number of benzene rings is 2. The summed E-state index contributed by atoms with van der Waals surface area (Å²) >= 11 is 6.22. The van der Waals surface area contributed by atoms with E-state index in [-0.39, 0.29) is 5.69 Å². The molecule has 27 heavy (non-hydrogen) atoms. The highest BCUT2D eigenvalue weighted by atomic mass is 35.5. The van der Waals surface area contributed by atoms with E-state index in [1.807, 2.05) is 52.0 Å². The molecule has 0 radical (unpaired) electrons. The van der Waals surface area contributed by atoms with Crippen LogP contribution in [-0.4, -0.2) is 22.5 Å². The minimum atomic E-state index is -0.495. The Bertz CT molecular complexity index is 1020. The normalized spacial score (nSPS) is 10.9. The van der Waals surface area contributed by atoms with Crippen LogP contribution in [0.2, 0.25) is 5.02 Å². The molecule has 0 unspecified atom stereocenters. The molecule has 0 aliphatic heterocycles. The number of fused-ring (bicyclic) bond motifs is 1. The summed E-state index contributed by atoms with van der Waals surface area (Å²) in [6.07, 6.45) is 0.737. The largest absolute Gasteiger partial charge is 0.461 e. The van der Waals surface area contributed by atoms with Crippen LogP contribution < -0.4 is 5.32 Å². The van der Waals surface area contributed by atoms with E-state index in [0.717, 1.165) is 28.8 Å². The smallest absolute Gasteiger partial charge is 0.360 e. The number of esters is 1. The first-order valence-electron chi connectivity index (χ1n) is 8.88. The predicted octanol–water partition coefficient (Wildman–Crippen LogP) is 5.52. The summed E-state index contributed by atoms with van der Waals surface area (Å²) in [5, 5.41) is 3.80. The molecule has 0 spiro atoms. The molecule has 5 nitrogen and oxygen atoms in total. The van der Waals surface area contributed by atoms with Gasteiger partial charge in [-0.05, 0) is 68.1 Å². The fourth-order valence-corrected chi connectivity index (χ4v) is 2.79. The molecule has 0 bridgehead atoms. The number of aryl methyl sites for hydroxylation is 3. The van der Waals surface area contributed by atoms with Crippen molar-refractivity contribution in [2.75, 3.05) is 11.9 Å². The quantitative estimate of drug-likeness (QED) is 0.588. The standard InChI is InChI=1S/C21H22ClN3O2/c1-5-8-27-21(26)19-20(23-15-7-6-12(2)16(22)11-15)25-18-10-14(4)13(3)9-17(18)24-19/h6-7,9-11H,5,8H2,1-4H3,(H,23,25). The lowest BCUT2D eigenvalue weighted by Crippen LogP contribution is -2.13. The molecule has 3 aromatic rings. The Hall–Kier alpha value is -2.66. The van der Waals surface area contributed by atoms with Gasteiger partial charge in [0.05, 0.1) is 17.6 Å². The number of nitrogens with one attached hydrogen (secondary N) is 1. The fraction of sp³-hybridized carbons (Fsp3) is 0.286. The van der Waals surface area contributed by atoms with E-state index in [0.29, 0.717) is 28.5 Å². The topological polar surface area (TPSA) is 64.1 Å². The third kappa shape index (κ3) is 4.19. The molecule has 0 amide bonds. The lowest BCUT2D eigenvalue weighted by molar-refractivity contribution is 0.0499. The van der Waals surface area contributed by atoms with Crippen LogP contribution in [0, 0.1) is 20.8 Å². The number of aromatic nitrogens is 2. The van der Waals surface area contributed by atoms with Gasteiger partial charge in [0.15, 0.2) is 11.5 Å². The molecule has 3 rings (SSSR count). The number of carbonyl (C=O) groups excluding carboxylic acids is 1. The molecular formula is C21H22ClN3O2. The van der Waals surface area contributed by atoms with Gasteiger partial charge in [-0.25, -0.2) is 14.8 Å². The first kappa shape index (κ1) is 19.1. The van der Waals surface area contributed by atoms with Crippen LogP contribution in [0.25, 0.3) is 11.0 Å². The van der Waals surface area contributed by atoms with Crippen LogP contribution in [0.1, 0.15) is 40.5 Å². The van der Waals surface area contributed by atoms with Crippen molar-refractivity contribution in [1.82, 2.24) is 9.97 Å². The zero-order valence-corrected chi connectivity index (χ0v) is 16.6. The van der Waals surface area contributed by atoms with Gasteiger partial charge in [0, 0.05) is 10.7 Å². The van der Waals surface area contributed by atoms with Gasteiger partial charge >= 0.3 is 5.97 Å². The monoisotopic (exact) mass is 383 g/mol. The number of rotatable bonds is 5. The Labute approximate surface area is 163 Å². The van der Waals surface area contributed by atoms with Crippen molar-refractivity contribution in [3.63, 3.8) is 0 Å². The van der Waals surface area contributed by atoms with Crippen LogP contribution in [0.5, 0.6) is 0 Å². The number of ether oxygens (including phenoxy) is 1. The molecule has 0 aliphatic rings. The summed E-state index contributed by atoms with van der Waals surface area (Å²) < 4.78 is 5.29. The zero-order valence-electron chi connectivity index (χ0n) is 15.9. The summed E-state index contributed by atoms with van der Waals surface area (Å²) in [7, 11) is 0. The highest BCUT2D eigenvalue weighted by Crippen LogP contribution is 2.26. The van der Waals surface area contributed by atoms with E-state index in [2.05, 4.69) is 15.3 Å². The van der Waals surface area contributed by atoms with Gasteiger partial charge < -0.3 is 10.1 Å². The first-order chi connectivity index (χ1) is 12.9. The Morgan fingerprint density at radius 2 is 1.70 bits per heavy atom. The summed E-state index contributed by atoms with van der Waals surface area (Å²) in [5.74, 6) is -0.142. The van der Waals surface area contributed by atoms with Crippen LogP contribution >= 0.6 is 11.6 Å². The lowest BCUT2D eigenvalue weighted by atomic mass is 10.1. The molecule has 140 valence electrons. The van der Waals surface area contributed by atoms with Crippen molar-refractivity contribution in [3.05, 3.63) is 57.7 Å². The van der Waals surface area contributed by atoms with E-state index in [1.54, 1.807) is 6.07 Å². The summed E-state index contributed by atoms with van der Waals surface area (Å²) in [6.45, 7) is 8.24. The lowest BCUT2D eigenvalue weighted by Gasteiger charge is -2.13. The number of carbonyl (C=O) groups is 1. The maximum absolute atomic E-state index is 12.5. The fourth-order valence-electron chi connectivity index (χ4n) is 2.61. The van der Waals surface area contributed by atoms with E-state index in [1.165, 1.54) is 0 Å². The predicted molar refractivity (Wildman–Crippen MR) is 109 cm³/mol. The number of anilines is 2. The number of hydrogen-bond donors (Lipinski definition) is 1. The highest BCUT2D eigenvalue weighted by molar-refractivity contribution is 6.31. The van der Waals surface area contributed by atoms with Gasteiger partial charge in [-0.2, -0.15) is 0 Å². The Morgan fingerprint density at radius 3 is 2.33 bits per heavy atom. The third-order valence-corrected chi connectivity index (χ3v) is 4.75. The van der Waals surface area contributed by atoms with Crippen LogP contribution in [0.15, 0.2) is 30.3 Å². The first-order valence-corrected chi connectivity index (χ1v) is 9.26. The van der Waals surface area contributed by atoms with Crippen molar-refractivity contribution >= 4 is 40.1 Å². The van der Waals surface area contributed by atoms with Gasteiger partial charge in [0.2, 0.25) is 0 Å². The zero-order chi connectivity index (χ0) is 19.6. The average molecular weight is 384 g/mol. The SMILES string of the molecule is CCCOC(=O)c1nc2cc(C)c(C)cc2nc1Nc1ccc(C)c(Cl)c1. The van der Waals surface area contributed by atoms with Crippen molar-refractivity contribution in [2.45, 2.75) is 34.1 Å². The van der Waals surface area contributed by atoms with E-state index in [9.17, 15) is 4.79 Å². The van der Waals surface area contributed by atoms with Gasteiger partial charge in [-0.3, -0.25) is 0 Å². The molecule has 2 aromatic carbocycles. The molecule has 0 saturated heterocycles. The van der Waals surface area contributed by atoms with E-state index in [4.69, 9.17) is 16.3 Å². The third-order valence-electron chi connectivity index (χ3n) is 4.34. The minimum Gasteiger partial charge on any atom is -0.461 e. The van der Waals surface area contributed by atoms with Gasteiger partial charge in [-0.1, -0.05) is 24.6 Å². The molecular weight excluding hydrogens is 362 g/mol. The molecule has 1 aromatic heterocycles. The highest BCUT2D eigenvalue weighted by Gasteiger charge is 2.19. The van der Waals surface area contributed by atoms with Gasteiger partial charge in [0.25, 0.3) is 0 Å². The maximum Gasteiger partial charge on any atom is 0.360 e. The second-order valence-corrected chi connectivity index (χ2v) is 6.98. The van der Waals surface area contributed by atoms with Crippen molar-refractivity contribution in [3.8, 4) is 0 Å². The molecule has 0 aliphatic carbocycles. The maximum atomic E-state index is 12.5. The number of nitrogens with zero attached hydrogens (tertiary/aromatic N) is 2. The number of hydrogen-bond acceptors (Lipinski definition) is 5. The van der Waals surface area contributed by atoms with Gasteiger partial charge in [0.1, 0.15) is 0 Å². The summed E-state index contributed by atoms with van der Waals surface area (Å²) in [6, 6.07) is 9.48. The van der Waals surface area contributed by atoms with Crippen molar-refractivity contribution < 1.29 is 9.53 Å². The second kappa shape index (κ2) is 7.92. The average Bonchev–Trinajstić information content (AvgIpc) is 2.63. The molecule has 0 saturated carbocycles.